The summed E-state index contributed by atoms with van der Waals surface area (Å²) in [6.07, 6.45) is 4.71. The first-order chi connectivity index (χ1) is 8.19. The van der Waals surface area contributed by atoms with Crippen molar-refractivity contribution in [3.05, 3.63) is 52.3 Å². The zero-order valence-electron chi connectivity index (χ0n) is 9.81. The summed E-state index contributed by atoms with van der Waals surface area (Å²) in [5.41, 5.74) is 8.50. The van der Waals surface area contributed by atoms with E-state index < -0.39 is 0 Å². The molecule has 0 saturated carbocycles. The van der Waals surface area contributed by atoms with Crippen molar-refractivity contribution in [2.45, 2.75) is 25.9 Å². The second kappa shape index (κ2) is 5.47. The van der Waals surface area contributed by atoms with Crippen LogP contribution in [0.2, 0.25) is 0 Å². The van der Waals surface area contributed by atoms with Gasteiger partial charge in [-0.3, -0.25) is 4.68 Å². The molecule has 90 valence electrons. The molecule has 17 heavy (non-hydrogen) atoms. The Kier molecular flexibility index (Phi) is 3.97. The lowest BCUT2D eigenvalue weighted by Gasteiger charge is -2.09. The smallest absolute Gasteiger partial charge is 0.0537 e. The second-order valence-electron chi connectivity index (χ2n) is 4.07. The lowest BCUT2D eigenvalue weighted by molar-refractivity contribution is 0.655. The zero-order valence-corrected chi connectivity index (χ0v) is 11.4. The summed E-state index contributed by atoms with van der Waals surface area (Å²) in [5, 5.41) is 4.24. The number of hydrogen-bond acceptors (Lipinski definition) is 2. The van der Waals surface area contributed by atoms with Crippen LogP contribution in [0.5, 0.6) is 0 Å². The minimum Gasteiger partial charge on any atom is -0.324 e. The standard InChI is InChI=1S/C13H16BrN3/c1-2-17-9-11(8-16-17)13(15)7-10-3-5-12(14)6-4-10/h3-6,8-9,13H,2,7,15H2,1H3. The Hall–Kier alpha value is -1.13. The number of rotatable bonds is 4. The van der Waals surface area contributed by atoms with Crippen molar-refractivity contribution in [2.24, 2.45) is 5.73 Å². The maximum Gasteiger partial charge on any atom is 0.0537 e. The Morgan fingerprint density at radius 3 is 2.65 bits per heavy atom. The Morgan fingerprint density at radius 1 is 1.35 bits per heavy atom. The lowest BCUT2D eigenvalue weighted by Crippen LogP contribution is -2.12. The minimum absolute atomic E-state index is 0.0106. The van der Waals surface area contributed by atoms with Gasteiger partial charge in [0.15, 0.2) is 0 Å². The van der Waals surface area contributed by atoms with E-state index >= 15 is 0 Å². The summed E-state index contributed by atoms with van der Waals surface area (Å²) in [5.74, 6) is 0. The van der Waals surface area contributed by atoms with Crippen LogP contribution in [-0.2, 0) is 13.0 Å². The number of nitrogens with zero attached hydrogens (tertiary/aromatic N) is 2. The SMILES string of the molecule is CCn1cc(C(N)Cc2ccc(Br)cc2)cn1. The quantitative estimate of drug-likeness (QED) is 0.942. The Bertz CT molecular complexity index is 476. The van der Waals surface area contributed by atoms with E-state index in [1.807, 2.05) is 29.2 Å². The van der Waals surface area contributed by atoms with E-state index in [9.17, 15) is 0 Å². The van der Waals surface area contributed by atoms with Crippen LogP contribution in [-0.4, -0.2) is 9.78 Å². The van der Waals surface area contributed by atoms with Crippen LogP contribution < -0.4 is 5.73 Å². The van der Waals surface area contributed by atoms with Crippen LogP contribution in [0.4, 0.5) is 0 Å². The molecule has 1 aromatic carbocycles. The molecule has 2 rings (SSSR count). The van der Waals surface area contributed by atoms with Gasteiger partial charge < -0.3 is 5.73 Å². The Balaban J connectivity index is 2.05. The normalized spacial score (nSPS) is 12.6. The highest BCUT2D eigenvalue weighted by atomic mass is 79.9. The molecule has 0 amide bonds. The monoisotopic (exact) mass is 293 g/mol. The average Bonchev–Trinajstić information content (AvgIpc) is 2.81. The molecule has 0 aliphatic rings. The summed E-state index contributed by atoms with van der Waals surface area (Å²) in [4.78, 5) is 0. The summed E-state index contributed by atoms with van der Waals surface area (Å²) in [6.45, 7) is 2.95. The van der Waals surface area contributed by atoms with Gasteiger partial charge in [0.2, 0.25) is 0 Å². The number of nitrogens with two attached hydrogens (primary N) is 1. The van der Waals surface area contributed by atoms with Crippen molar-refractivity contribution in [3.8, 4) is 0 Å². The average molecular weight is 294 g/mol. The molecule has 0 saturated heterocycles. The van der Waals surface area contributed by atoms with Crippen LogP contribution in [0.15, 0.2) is 41.1 Å². The van der Waals surface area contributed by atoms with Crippen molar-refractivity contribution >= 4 is 15.9 Å². The molecule has 1 atom stereocenters. The summed E-state index contributed by atoms with van der Waals surface area (Å²) < 4.78 is 2.99. The third kappa shape index (κ3) is 3.17. The number of aryl methyl sites for hydroxylation is 1. The van der Waals surface area contributed by atoms with Gasteiger partial charge >= 0.3 is 0 Å². The van der Waals surface area contributed by atoms with E-state index in [4.69, 9.17) is 5.73 Å². The predicted octanol–water partition coefficient (Wildman–Crippen LogP) is 2.91. The van der Waals surface area contributed by atoms with Crippen molar-refractivity contribution < 1.29 is 0 Å². The Morgan fingerprint density at radius 2 is 2.06 bits per heavy atom. The van der Waals surface area contributed by atoms with Gasteiger partial charge in [0.25, 0.3) is 0 Å². The molecule has 1 unspecified atom stereocenters. The number of halogens is 1. The molecule has 2 aromatic rings. The molecule has 0 aliphatic heterocycles. The third-order valence-electron chi connectivity index (χ3n) is 2.77. The minimum atomic E-state index is 0.0106. The van der Waals surface area contributed by atoms with Crippen molar-refractivity contribution in [3.63, 3.8) is 0 Å². The largest absolute Gasteiger partial charge is 0.324 e. The molecular weight excluding hydrogens is 278 g/mol. The van der Waals surface area contributed by atoms with Crippen molar-refractivity contribution in [1.82, 2.24) is 9.78 Å². The van der Waals surface area contributed by atoms with Crippen molar-refractivity contribution in [2.75, 3.05) is 0 Å². The van der Waals surface area contributed by atoms with Crippen LogP contribution in [0, 0.1) is 0 Å². The summed E-state index contributed by atoms with van der Waals surface area (Å²) >= 11 is 3.42. The molecule has 3 nitrogen and oxygen atoms in total. The van der Waals surface area contributed by atoms with Crippen LogP contribution in [0.3, 0.4) is 0 Å². The highest BCUT2D eigenvalue weighted by molar-refractivity contribution is 9.10. The topological polar surface area (TPSA) is 43.8 Å². The van der Waals surface area contributed by atoms with Gasteiger partial charge in [0, 0.05) is 28.8 Å². The fourth-order valence-corrected chi connectivity index (χ4v) is 2.00. The second-order valence-corrected chi connectivity index (χ2v) is 4.98. The van der Waals surface area contributed by atoms with Gasteiger partial charge in [-0.15, -0.1) is 0 Å². The van der Waals surface area contributed by atoms with Crippen LogP contribution in [0.1, 0.15) is 24.1 Å². The molecule has 2 N–H and O–H groups in total. The zero-order chi connectivity index (χ0) is 12.3. The van der Waals surface area contributed by atoms with Gasteiger partial charge in [-0.2, -0.15) is 5.10 Å². The molecule has 0 radical (unpaired) electrons. The number of aromatic nitrogens is 2. The fourth-order valence-electron chi connectivity index (χ4n) is 1.74. The third-order valence-corrected chi connectivity index (χ3v) is 3.30. The molecule has 0 aliphatic carbocycles. The fraction of sp³-hybridized carbons (Fsp3) is 0.308. The summed E-state index contributed by atoms with van der Waals surface area (Å²) in [6, 6.07) is 8.27. The van der Waals surface area contributed by atoms with Gasteiger partial charge in [0.1, 0.15) is 0 Å². The van der Waals surface area contributed by atoms with E-state index in [0.29, 0.717) is 0 Å². The van der Waals surface area contributed by atoms with Gasteiger partial charge in [-0.05, 0) is 31.0 Å². The molecule has 1 heterocycles. The van der Waals surface area contributed by atoms with Gasteiger partial charge in [-0.25, -0.2) is 0 Å². The van der Waals surface area contributed by atoms with E-state index in [2.05, 4.69) is 40.1 Å². The van der Waals surface area contributed by atoms with E-state index in [-0.39, 0.29) is 6.04 Å². The molecular formula is C13H16BrN3. The number of hydrogen-bond donors (Lipinski definition) is 1. The lowest BCUT2D eigenvalue weighted by atomic mass is 10.0. The summed E-state index contributed by atoms with van der Waals surface area (Å²) in [7, 11) is 0. The highest BCUT2D eigenvalue weighted by Gasteiger charge is 2.09. The first-order valence-corrected chi connectivity index (χ1v) is 6.50. The molecule has 0 bridgehead atoms. The molecule has 1 aromatic heterocycles. The van der Waals surface area contributed by atoms with E-state index in [1.165, 1.54) is 5.56 Å². The molecule has 0 fully saturated rings. The number of benzene rings is 1. The maximum absolute atomic E-state index is 6.17. The predicted molar refractivity (Wildman–Crippen MR) is 72.7 cm³/mol. The van der Waals surface area contributed by atoms with E-state index in [1.54, 1.807) is 0 Å². The maximum atomic E-state index is 6.17. The van der Waals surface area contributed by atoms with Crippen LogP contribution >= 0.6 is 15.9 Å². The molecule has 0 spiro atoms. The van der Waals surface area contributed by atoms with Gasteiger partial charge in [-0.1, -0.05) is 28.1 Å². The molecule has 4 heteroatoms. The van der Waals surface area contributed by atoms with Crippen LogP contribution in [0.25, 0.3) is 0 Å². The van der Waals surface area contributed by atoms with E-state index in [0.717, 1.165) is 23.0 Å². The first-order valence-electron chi connectivity index (χ1n) is 5.71. The highest BCUT2D eigenvalue weighted by Crippen LogP contribution is 2.17. The van der Waals surface area contributed by atoms with Gasteiger partial charge in [0.05, 0.1) is 6.20 Å². The van der Waals surface area contributed by atoms with Crippen molar-refractivity contribution in [1.29, 1.82) is 0 Å². The Labute approximate surface area is 110 Å². The first kappa shape index (κ1) is 12.3.